The van der Waals surface area contributed by atoms with Crippen molar-refractivity contribution < 1.29 is 17.6 Å². The van der Waals surface area contributed by atoms with E-state index < -0.39 is 21.9 Å². The smallest absolute Gasteiger partial charge is 0.244 e. The summed E-state index contributed by atoms with van der Waals surface area (Å²) in [6.45, 7) is 0.351. The molecule has 0 saturated carbocycles. The van der Waals surface area contributed by atoms with E-state index in [4.69, 9.17) is 10.9 Å². The van der Waals surface area contributed by atoms with E-state index in [0.29, 0.717) is 24.1 Å². The highest BCUT2D eigenvalue weighted by molar-refractivity contribution is 7.89. The Bertz CT molecular complexity index is 915. The number of halogens is 1. The standard InChI is InChI=1S/C16H16FN3O3S/c17-12-9-10(11-3-1-2-4-15(11)24(19,22)23)5-6-14(12)20-8-7-13(18)16(20)21/h1-6,9,13H,7-8,18H2,(H2,19,22,23)/t13-/m0/s1. The number of carbonyl (C=O) groups is 1. The van der Waals surface area contributed by atoms with Crippen LogP contribution in [0.1, 0.15) is 6.42 Å². The summed E-state index contributed by atoms with van der Waals surface area (Å²) in [6, 6.07) is 9.66. The molecule has 1 aliphatic heterocycles. The minimum atomic E-state index is -3.94. The first-order valence-electron chi connectivity index (χ1n) is 7.28. The van der Waals surface area contributed by atoms with Crippen LogP contribution in [0, 0.1) is 5.82 Å². The Morgan fingerprint density at radius 1 is 1.17 bits per heavy atom. The molecule has 0 aromatic heterocycles. The van der Waals surface area contributed by atoms with Gasteiger partial charge in [-0.15, -0.1) is 0 Å². The fourth-order valence-corrected chi connectivity index (χ4v) is 3.55. The topological polar surface area (TPSA) is 106 Å². The van der Waals surface area contributed by atoms with Gasteiger partial charge in [-0.2, -0.15) is 0 Å². The van der Waals surface area contributed by atoms with Crippen LogP contribution in [0.5, 0.6) is 0 Å². The zero-order chi connectivity index (χ0) is 17.5. The van der Waals surface area contributed by atoms with Crippen LogP contribution in [0.3, 0.4) is 0 Å². The molecule has 0 spiro atoms. The molecule has 1 atom stereocenters. The second-order valence-corrected chi connectivity index (χ2v) is 7.12. The molecule has 0 radical (unpaired) electrons. The lowest BCUT2D eigenvalue weighted by Crippen LogP contribution is -2.34. The van der Waals surface area contributed by atoms with Crippen molar-refractivity contribution in [1.82, 2.24) is 0 Å². The summed E-state index contributed by atoms with van der Waals surface area (Å²) < 4.78 is 37.9. The van der Waals surface area contributed by atoms with Crippen molar-refractivity contribution in [3.8, 4) is 11.1 Å². The van der Waals surface area contributed by atoms with E-state index in [2.05, 4.69) is 0 Å². The molecule has 1 saturated heterocycles. The van der Waals surface area contributed by atoms with Gasteiger partial charge in [-0.3, -0.25) is 4.79 Å². The van der Waals surface area contributed by atoms with Crippen molar-refractivity contribution in [2.24, 2.45) is 10.9 Å². The molecule has 1 fully saturated rings. The number of rotatable bonds is 3. The zero-order valence-electron chi connectivity index (χ0n) is 12.6. The fraction of sp³-hybridized carbons (Fsp3) is 0.188. The van der Waals surface area contributed by atoms with Crippen LogP contribution < -0.4 is 15.8 Å². The maximum atomic E-state index is 14.5. The Labute approximate surface area is 138 Å². The number of hydrogen-bond donors (Lipinski definition) is 2. The quantitative estimate of drug-likeness (QED) is 0.868. The number of sulfonamides is 1. The van der Waals surface area contributed by atoms with Gasteiger partial charge < -0.3 is 10.6 Å². The van der Waals surface area contributed by atoms with Gasteiger partial charge in [0.05, 0.1) is 16.6 Å². The number of carbonyl (C=O) groups excluding carboxylic acids is 1. The van der Waals surface area contributed by atoms with E-state index in [1.54, 1.807) is 18.2 Å². The van der Waals surface area contributed by atoms with Gasteiger partial charge in [0.25, 0.3) is 0 Å². The Morgan fingerprint density at radius 2 is 1.88 bits per heavy atom. The molecule has 24 heavy (non-hydrogen) atoms. The molecule has 126 valence electrons. The molecule has 1 amide bonds. The van der Waals surface area contributed by atoms with Crippen LogP contribution >= 0.6 is 0 Å². The predicted molar refractivity (Wildman–Crippen MR) is 88.2 cm³/mol. The molecule has 2 aromatic carbocycles. The summed E-state index contributed by atoms with van der Waals surface area (Å²) in [5, 5.41) is 5.21. The third kappa shape index (κ3) is 2.91. The van der Waals surface area contributed by atoms with Crippen LogP contribution in [0.25, 0.3) is 11.1 Å². The SMILES string of the molecule is N[C@H]1CCN(c2ccc(-c3ccccc3S(N)(=O)=O)cc2F)C1=O. The Hall–Kier alpha value is -2.29. The van der Waals surface area contributed by atoms with Crippen LogP contribution in [-0.2, 0) is 14.8 Å². The molecule has 3 rings (SSSR count). The minimum Gasteiger partial charge on any atom is -0.320 e. The number of anilines is 1. The van der Waals surface area contributed by atoms with Crippen LogP contribution in [-0.4, -0.2) is 26.9 Å². The molecule has 1 heterocycles. The molecular formula is C16H16FN3O3S. The molecule has 1 aliphatic rings. The normalized spacial score (nSPS) is 18.2. The Kier molecular flexibility index (Phi) is 4.12. The summed E-state index contributed by atoms with van der Waals surface area (Å²) in [5.74, 6) is -0.953. The summed E-state index contributed by atoms with van der Waals surface area (Å²) in [4.78, 5) is 13.2. The number of hydrogen-bond acceptors (Lipinski definition) is 4. The van der Waals surface area contributed by atoms with Crippen LogP contribution in [0.2, 0.25) is 0 Å². The van der Waals surface area contributed by atoms with E-state index >= 15 is 0 Å². The molecular weight excluding hydrogens is 333 g/mol. The summed E-state index contributed by atoms with van der Waals surface area (Å²) in [6.07, 6.45) is 0.467. The van der Waals surface area contributed by atoms with Gasteiger partial charge in [-0.25, -0.2) is 17.9 Å². The Balaban J connectivity index is 2.05. The van der Waals surface area contributed by atoms with Crippen molar-refractivity contribution in [3.05, 3.63) is 48.3 Å². The molecule has 6 nitrogen and oxygen atoms in total. The molecule has 4 N–H and O–H groups in total. The second-order valence-electron chi connectivity index (χ2n) is 5.59. The first-order chi connectivity index (χ1) is 11.3. The van der Waals surface area contributed by atoms with Crippen LogP contribution in [0.15, 0.2) is 47.4 Å². The Morgan fingerprint density at radius 3 is 2.46 bits per heavy atom. The lowest BCUT2D eigenvalue weighted by atomic mass is 10.0. The third-order valence-electron chi connectivity index (χ3n) is 3.99. The first kappa shape index (κ1) is 16.6. The van der Waals surface area contributed by atoms with E-state index in [-0.39, 0.29) is 16.5 Å². The average Bonchev–Trinajstić information content (AvgIpc) is 2.86. The molecule has 2 aromatic rings. The number of nitrogens with two attached hydrogens (primary N) is 2. The first-order valence-corrected chi connectivity index (χ1v) is 8.82. The van der Waals surface area contributed by atoms with Crippen LogP contribution in [0.4, 0.5) is 10.1 Å². The molecule has 0 aliphatic carbocycles. The van der Waals surface area contributed by atoms with Crippen molar-refractivity contribution >= 4 is 21.6 Å². The van der Waals surface area contributed by atoms with Crippen molar-refractivity contribution in [3.63, 3.8) is 0 Å². The number of nitrogens with zero attached hydrogens (tertiary/aromatic N) is 1. The molecule has 0 bridgehead atoms. The summed E-state index contributed by atoms with van der Waals surface area (Å²) in [7, 11) is -3.94. The van der Waals surface area contributed by atoms with Crippen molar-refractivity contribution in [2.45, 2.75) is 17.4 Å². The van der Waals surface area contributed by atoms with Gasteiger partial charge in [0, 0.05) is 12.1 Å². The summed E-state index contributed by atoms with van der Waals surface area (Å²) >= 11 is 0. The monoisotopic (exact) mass is 349 g/mol. The van der Waals surface area contributed by atoms with Crippen molar-refractivity contribution in [1.29, 1.82) is 0 Å². The third-order valence-corrected chi connectivity index (χ3v) is 4.96. The van der Waals surface area contributed by atoms with Gasteiger partial charge in [0.2, 0.25) is 15.9 Å². The molecule has 0 unspecified atom stereocenters. The van der Waals surface area contributed by atoms with E-state index in [1.807, 2.05) is 0 Å². The number of primary sulfonamides is 1. The largest absolute Gasteiger partial charge is 0.320 e. The van der Waals surface area contributed by atoms with Gasteiger partial charge in [-0.05, 0) is 30.2 Å². The number of benzene rings is 2. The second kappa shape index (κ2) is 5.97. The van der Waals surface area contributed by atoms with Gasteiger partial charge in [0.15, 0.2) is 0 Å². The highest BCUT2D eigenvalue weighted by Gasteiger charge is 2.31. The lowest BCUT2D eigenvalue weighted by molar-refractivity contribution is -0.118. The van der Waals surface area contributed by atoms with Crippen molar-refractivity contribution in [2.75, 3.05) is 11.4 Å². The van der Waals surface area contributed by atoms with Gasteiger partial charge in [-0.1, -0.05) is 24.3 Å². The van der Waals surface area contributed by atoms with E-state index in [9.17, 15) is 17.6 Å². The maximum absolute atomic E-state index is 14.5. The zero-order valence-corrected chi connectivity index (χ0v) is 13.5. The minimum absolute atomic E-state index is 0.0866. The van der Waals surface area contributed by atoms with E-state index in [0.717, 1.165) is 0 Å². The lowest BCUT2D eigenvalue weighted by Gasteiger charge is -2.18. The highest BCUT2D eigenvalue weighted by atomic mass is 32.2. The average molecular weight is 349 g/mol. The fourth-order valence-electron chi connectivity index (χ4n) is 2.79. The predicted octanol–water partition coefficient (Wildman–Crippen LogP) is 1.20. The van der Waals surface area contributed by atoms with Gasteiger partial charge in [0.1, 0.15) is 5.82 Å². The maximum Gasteiger partial charge on any atom is 0.244 e. The highest BCUT2D eigenvalue weighted by Crippen LogP contribution is 2.31. The number of amides is 1. The van der Waals surface area contributed by atoms with Gasteiger partial charge >= 0.3 is 0 Å². The van der Waals surface area contributed by atoms with E-state index in [1.165, 1.54) is 29.2 Å². The molecule has 8 heteroatoms. The summed E-state index contributed by atoms with van der Waals surface area (Å²) in [5.41, 5.74) is 6.44.